The lowest BCUT2D eigenvalue weighted by Crippen LogP contribution is -2.28. The van der Waals surface area contributed by atoms with Crippen molar-refractivity contribution >= 4 is 17.6 Å². The summed E-state index contributed by atoms with van der Waals surface area (Å²) in [4.78, 5) is 29.4. The number of amides is 1. The number of benzene rings is 1. The van der Waals surface area contributed by atoms with Gasteiger partial charge in [0.15, 0.2) is 5.78 Å². The molecular formula is C23H26N2O3. The molecule has 0 spiro atoms. The van der Waals surface area contributed by atoms with Crippen molar-refractivity contribution in [1.82, 2.24) is 4.98 Å². The molecular weight excluding hydrogens is 352 g/mol. The fourth-order valence-corrected chi connectivity index (χ4v) is 3.26. The van der Waals surface area contributed by atoms with Gasteiger partial charge in [-0.3, -0.25) is 15.1 Å². The molecule has 0 atom stereocenters. The monoisotopic (exact) mass is 378 g/mol. The average Bonchev–Trinajstić information content (AvgIpc) is 3.53. The number of nitrogens with zero attached hydrogens (tertiary/aromatic N) is 1. The highest BCUT2D eigenvalue weighted by molar-refractivity contribution is 6.05. The lowest BCUT2D eigenvalue weighted by molar-refractivity contribution is 0.0636. The Kier molecular flexibility index (Phi) is 4.69. The first-order chi connectivity index (χ1) is 13.3. The molecule has 5 heteroatoms. The molecule has 1 heterocycles. The van der Waals surface area contributed by atoms with Crippen molar-refractivity contribution in [3.63, 3.8) is 0 Å². The van der Waals surface area contributed by atoms with Crippen molar-refractivity contribution in [3.05, 3.63) is 47.8 Å². The molecule has 28 heavy (non-hydrogen) atoms. The number of anilines is 1. The first-order valence-corrected chi connectivity index (χ1v) is 9.95. The number of carbonyl (C=O) groups is 2. The van der Waals surface area contributed by atoms with Crippen LogP contribution in [0.15, 0.2) is 36.5 Å². The molecule has 146 valence electrons. The van der Waals surface area contributed by atoms with Crippen LogP contribution in [0.2, 0.25) is 0 Å². The van der Waals surface area contributed by atoms with E-state index < -0.39 is 11.7 Å². The number of nitrogens with one attached hydrogen (secondary N) is 1. The van der Waals surface area contributed by atoms with Crippen LogP contribution in [0, 0.1) is 5.92 Å². The quantitative estimate of drug-likeness (QED) is 0.691. The molecule has 2 fully saturated rings. The summed E-state index contributed by atoms with van der Waals surface area (Å²) in [6.07, 6.45) is 5.39. The van der Waals surface area contributed by atoms with Crippen LogP contribution in [0.25, 0.3) is 11.1 Å². The number of pyridine rings is 1. The van der Waals surface area contributed by atoms with Gasteiger partial charge in [-0.1, -0.05) is 24.3 Å². The fourth-order valence-electron chi connectivity index (χ4n) is 3.26. The SMILES string of the molecule is CC(C)(C)OC(=O)Nc1cc(-c2cccc(C3CC3)c2)cnc1C(=O)C1CC1. The summed E-state index contributed by atoms with van der Waals surface area (Å²) in [5.41, 5.74) is 3.36. The highest BCUT2D eigenvalue weighted by Gasteiger charge is 2.33. The standard InChI is InChI=1S/C23H26N2O3/c1-23(2,3)28-22(27)25-19-12-18(13-24-20(19)21(26)15-9-10-15)17-6-4-5-16(11-17)14-7-8-14/h4-6,11-15H,7-10H2,1-3H3,(H,25,27). The molecule has 0 aliphatic heterocycles. The minimum atomic E-state index is -0.617. The summed E-state index contributed by atoms with van der Waals surface area (Å²) in [6.45, 7) is 5.42. The van der Waals surface area contributed by atoms with Gasteiger partial charge in [0, 0.05) is 17.7 Å². The lowest BCUT2D eigenvalue weighted by atomic mass is 10.0. The van der Waals surface area contributed by atoms with Crippen LogP contribution in [-0.2, 0) is 4.74 Å². The number of rotatable bonds is 5. The number of aromatic nitrogens is 1. The minimum absolute atomic E-state index is 0.00987. The van der Waals surface area contributed by atoms with Gasteiger partial charge in [-0.05, 0) is 69.6 Å². The maximum absolute atomic E-state index is 12.6. The third-order valence-corrected chi connectivity index (χ3v) is 4.97. The molecule has 0 unspecified atom stereocenters. The molecule has 2 aliphatic rings. The summed E-state index contributed by atoms with van der Waals surface area (Å²) < 4.78 is 5.37. The molecule has 0 saturated heterocycles. The number of Topliss-reactive ketones (excluding diaryl/α,β-unsaturated/α-hetero) is 1. The van der Waals surface area contributed by atoms with Gasteiger partial charge in [0.25, 0.3) is 0 Å². The highest BCUT2D eigenvalue weighted by Crippen LogP contribution is 2.41. The zero-order chi connectivity index (χ0) is 19.9. The van der Waals surface area contributed by atoms with E-state index in [0.717, 1.165) is 24.0 Å². The van der Waals surface area contributed by atoms with E-state index >= 15 is 0 Å². The third-order valence-electron chi connectivity index (χ3n) is 4.97. The Hall–Kier alpha value is -2.69. The van der Waals surface area contributed by atoms with Gasteiger partial charge in [-0.25, -0.2) is 4.79 Å². The predicted molar refractivity (Wildman–Crippen MR) is 109 cm³/mol. The summed E-state index contributed by atoms with van der Waals surface area (Å²) >= 11 is 0. The van der Waals surface area contributed by atoms with Gasteiger partial charge in [0.05, 0.1) is 5.69 Å². The minimum Gasteiger partial charge on any atom is -0.444 e. The second kappa shape index (κ2) is 7.04. The normalized spacial score (nSPS) is 16.5. The van der Waals surface area contributed by atoms with Crippen LogP contribution in [0.3, 0.4) is 0 Å². The number of ketones is 1. The zero-order valence-corrected chi connectivity index (χ0v) is 16.6. The largest absolute Gasteiger partial charge is 0.444 e. The van der Waals surface area contributed by atoms with Crippen LogP contribution in [0.5, 0.6) is 0 Å². The molecule has 2 saturated carbocycles. The van der Waals surface area contributed by atoms with E-state index in [9.17, 15) is 9.59 Å². The molecule has 0 bridgehead atoms. The molecule has 2 aromatic rings. The third kappa shape index (κ3) is 4.41. The molecule has 2 aliphatic carbocycles. The molecule has 1 aromatic carbocycles. The lowest BCUT2D eigenvalue weighted by Gasteiger charge is -2.20. The molecule has 1 amide bonds. The predicted octanol–water partition coefficient (Wildman–Crippen LogP) is 5.57. The van der Waals surface area contributed by atoms with E-state index in [1.54, 1.807) is 27.0 Å². The van der Waals surface area contributed by atoms with Gasteiger partial charge in [0.2, 0.25) is 0 Å². The average molecular weight is 378 g/mol. The van der Waals surface area contributed by atoms with Crippen LogP contribution >= 0.6 is 0 Å². The van der Waals surface area contributed by atoms with Crippen molar-refractivity contribution in [2.45, 2.75) is 58.0 Å². The smallest absolute Gasteiger partial charge is 0.412 e. The Morgan fingerprint density at radius 2 is 1.82 bits per heavy atom. The van der Waals surface area contributed by atoms with Crippen molar-refractivity contribution in [3.8, 4) is 11.1 Å². The second-order valence-corrected chi connectivity index (χ2v) is 8.79. The Morgan fingerprint density at radius 1 is 1.07 bits per heavy atom. The van der Waals surface area contributed by atoms with Crippen molar-refractivity contribution in [2.24, 2.45) is 5.92 Å². The van der Waals surface area contributed by atoms with Crippen molar-refractivity contribution in [2.75, 3.05) is 5.32 Å². The van der Waals surface area contributed by atoms with Crippen LogP contribution < -0.4 is 5.32 Å². The van der Waals surface area contributed by atoms with E-state index in [1.807, 2.05) is 18.2 Å². The van der Waals surface area contributed by atoms with E-state index in [1.165, 1.54) is 18.4 Å². The Balaban J connectivity index is 1.66. The number of hydrogen-bond acceptors (Lipinski definition) is 4. The van der Waals surface area contributed by atoms with E-state index in [-0.39, 0.29) is 11.7 Å². The van der Waals surface area contributed by atoms with Gasteiger partial charge in [0.1, 0.15) is 11.3 Å². The summed E-state index contributed by atoms with van der Waals surface area (Å²) in [7, 11) is 0. The molecule has 1 aromatic heterocycles. The van der Waals surface area contributed by atoms with Crippen LogP contribution in [0.1, 0.15) is 68.4 Å². The maximum Gasteiger partial charge on any atom is 0.412 e. The molecule has 4 rings (SSSR count). The summed E-state index contributed by atoms with van der Waals surface area (Å²) in [5, 5.41) is 2.75. The first-order valence-electron chi connectivity index (χ1n) is 9.95. The Morgan fingerprint density at radius 3 is 2.46 bits per heavy atom. The summed E-state index contributed by atoms with van der Waals surface area (Å²) in [6, 6.07) is 10.2. The van der Waals surface area contributed by atoms with Gasteiger partial charge < -0.3 is 4.74 Å². The van der Waals surface area contributed by atoms with E-state index in [4.69, 9.17) is 4.74 Å². The number of ether oxygens (including phenoxy) is 1. The Bertz CT molecular complexity index is 922. The van der Waals surface area contributed by atoms with Crippen molar-refractivity contribution in [1.29, 1.82) is 0 Å². The molecule has 0 radical (unpaired) electrons. The first kappa shape index (κ1) is 18.7. The van der Waals surface area contributed by atoms with Gasteiger partial charge in [-0.15, -0.1) is 0 Å². The summed E-state index contributed by atoms with van der Waals surface area (Å²) in [5.74, 6) is 0.669. The topological polar surface area (TPSA) is 68.3 Å². The zero-order valence-electron chi connectivity index (χ0n) is 16.6. The fraction of sp³-hybridized carbons (Fsp3) is 0.435. The van der Waals surface area contributed by atoms with Gasteiger partial charge >= 0.3 is 6.09 Å². The number of hydrogen-bond donors (Lipinski definition) is 1. The molecule has 1 N–H and O–H groups in total. The van der Waals surface area contributed by atoms with E-state index in [0.29, 0.717) is 17.3 Å². The second-order valence-electron chi connectivity index (χ2n) is 8.79. The molecule has 5 nitrogen and oxygen atoms in total. The highest BCUT2D eigenvalue weighted by atomic mass is 16.6. The Labute approximate surface area is 165 Å². The maximum atomic E-state index is 12.6. The van der Waals surface area contributed by atoms with Crippen LogP contribution in [-0.4, -0.2) is 22.5 Å². The van der Waals surface area contributed by atoms with E-state index in [2.05, 4.69) is 22.4 Å². The van der Waals surface area contributed by atoms with Crippen molar-refractivity contribution < 1.29 is 14.3 Å². The van der Waals surface area contributed by atoms with Crippen LogP contribution in [0.4, 0.5) is 10.5 Å². The number of carbonyl (C=O) groups excluding carboxylic acids is 2. The van der Waals surface area contributed by atoms with Gasteiger partial charge in [-0.2, -0.15) is 0 Å².